The molecule has 0 fully saturated rings. The van der Waals surface area contributed by atoms with E-state index >= 15 is 0 Å². The van der Waals surface area contributed by atoms with Gasteiger partial charge in [-0.3, -0.25) is 4.98 Å². The van der Waals surface area contributed by atoms with E-state index in [4.69, 9.17) is 4.42 Å². The minimum absolute atomic E-state index is 0.393. The molecule has 0 atom stereocenters. The fourth-order valence-electron chi connectivity index (χ4n) is 2.47. The molecule has 1 aromatic carbocycles. The van der Waals surface area contributed by atoms with Crippen molar-refractivity contribution in [3.8, 4) is 0 Å². The van der Waals surface area contributed by atoms with Crippen LogP contribution >= 0.6 is 0 Å². The minimum atomic E-state index is 0.393. The summed E-state index contributed by atoms with van der Waals surface area (Å²) >= 11 is 0. The number of hydrogen-bond donors (Lipinski definition) is 0. The van der Waals surface area contributed by atoms with Gasteiger partial charge in [-0.15, -0.1) is 0 Å². The van der Waals surface area contributed by atoms with Gasteiger partial charge in [0.2, 0.25) is 0 Å². The summed E-state index contributed by atoms with van der Waals surface area (Å²) in [5.41, 5.74) is 3.55. The van der Waals surface area contributed by atoms with E-state index in [1.165, 1.54) is 16.5 Å². The predicted molar refractivity (Wildman–Crippen MR) is 77.3 cm³/mol. The quantitative estimate of drug-likeness (QED) is 0.683. The maximum absolute atomic E-state index is 6.02. The lowest BCUT2D eigenvalue weighted by Crippen LogP contribution is -1.94. The van der Waals surface area contributed by atoms with E-state index in [0.717, 1.165) is 17.8 Å². The van der Waals surface area contributed by atoms with Crippen molar-refractivity contribution in [2.24, 2.45) is 0 Å². The van der Waals surface area contributed by atoms with Gasteiger partial charge in [0, 0.05) is 35.7 Å². The van der Waals surface area contributed by atoms with Crippen LogP contribution in [0.1, 0.15) is 36.7 Å². The molecule has 19 heavy (non-hydrogen) atoms. The van der Waals surface area contributed by atoms with Crippen LogP contribution in [0.25, 0.3) is 11.0 Å². The second kappa shape index (κ2) is 4.88. The van der Waals surface area contributed by atoms with Gasteiger partial charge in [-0.1, -0.05) is 32.0 Å². The minimum Gasteiger partial charge on any atom is -0.460 e. The third-order valence-electron chi connectivity index (χ3n) is 3.38. The molecule has 0 unspecified atom stereocenters. The number of benzene rings is 1. The van der Waals surface area contributed by atoms with Crippen LogP contribution in [0.3, 0.4) is 0 Å². The Labute approximate surface area is 113 Å². The SMILES string of the molecule is CC(C)c1oc2ccccc2c1Cc1ccncc1. The molecule has 0 aliphatic carbocycles. The van der Waals surface area contributed by atoms with E-state index in [1.807, 2.05) is 24.5 Å². The molecule has 96 valence electrons. The molecule has 0 saturated carbocycles. The average Bonchev–Trinajstić information content (AvgIpc) is 2.79. The number of fused-ring (bicyclic) bond motifs is 1. The first-order valence-corrected chi connectivity index (χ1v) is 6.65. The summed E-state index contributed by atoms with van der Waals surface area (Å²) in [5.74, 6) is 1.49. The summed E-state index contributed by atoms with van der Waals surface area (Å²) in [7, 11) is 0. The highest BCUT2D eigenvalue weighted by Crippen LogP contribution is 2.32. The molecule has 2 aromatic heterocycles. The van der Waals surface area contributed by atoms with Crippen molar-refractivity contribution < 1.29 is 4.42 Å². The van der Waals surface area contributed by atoms with Gasteiger partial charge in [0.25, 0.3) is 0 Å². The van der Waals surface area contributed by atoms with Crippen LogP contribution in [0.2, 0.25) is 0 Å². The first kappa shape index (κ1) is 12.0. The summed E-state index contributed by atoms with van der Waals surface area (Å²) in [5, 5.41) is 1.23. The zero-order chi connectivity index (χ0) is 13.2. The van der Waals surface area contributed by atoms with Crippen LogP contribution in [-0.4, -0.2) is 4.98 Å². The van der Waals surface area contributed by atoms with Crippen molar-refractivity contribution >= 4 is 11.0 Å². The Hall–Kier alpha value is -2.09. The largest absolute Gasteiger partial charge is 0.460 e. The van der Waals surface area contributed by atoms with Gasteiger partial charge in [-0.05, 0) is 23.8 Å². The van der Waals surface area contributed by atoms with Crippen LogP contribution in [0, 0.1) is 0 Å². The molecule has 0 amide bonds. The molecule has 0 aliphatic rings. The normalized spacial score (nSPS) is 11.3. The van der Waals surface area contributed by atoms with Crippen LogP contribution in [-0.2, 0) is 6.42 Å². The van der Waals surface area contributed by atoms with E-state index in [-0.39, 0.29) is 0 Å². The molecular weight excluding hydrogens is 234 g/mol. The van der Waals surface area contributed by atoms with Crippen molar-refractivity contribution in [1.82, 2.24) is 4.98 Å². The molecule has 3 aromatic rings. The molecule has 2 heteroatoms. The summed E-state index contributed by atoms with van der Waals surface area (Å²) in [6, 6.07) is 12.4. The van der Waals surface area contributed by atoms with Crippen LogP contribution in [0.4, 0.5) is 0 Å². The third-order valence-corrected chi connectivity index (χ3v) is 3.38. The van der Waals surface area contributed by atoms with Gasteiger partial charge >= 0.3 is 0 Å². The summed E-state index contributed by atoms with van der Waals surface area (Å²) < 4.78 is 6.02. The number of aromatic nitrogens is 1. The fraction of sp³-hybridized carbons (Fsp3) is 0.235. The molecule has 0 radical (unpaired) electrons. The smallest absolute Gasteiger partial charge is 0.134 e. The second-order valence-corrected chi connectivity index (χ2v) is 5.13. The molecule has 0 aliphatic heterocycles. The van der Waals surface area contributed by atoms with Crippen molar-refractivity contribution in [2.45, 2.75) is 26.2 Å². The Bertz CT molecular complexity index is 683. The molecule has 2 heterocycles. The number of para-hydroxylation sites is 1. The van der Waals surface area contributed by atoms with E-state index in [0.29, 0.717) is 5.92 Å². The van der Waals surface area contributed by atoms with Crippen LogP contribution in [0.5, 0.6) is 0 Å². The number of hydrogen-bond acceptors (Lipinski definition) is 2. The van der Waals surface area contributed by atoms with Crippen LogP contribution < -0.4 is 0 Å². The molecule has 3 rings (SSSR count). The Morgan fingerprint density at radius 3 is 2.53 bits per heavy atom. The van der Waals surface area contributed by atoms with Gasteiger partial charge in [-0.2, -0.15) is 0 Å². The van der Waals surface area contributed by atoms with E-state index in [9.17, 15) is 0 Å². The summed E-state index contributed by atoms with van der Waals surface area (Å²) in [6.45, 7) is 4.35. The summed E-state index contributed by atoms with van der Waals surface area (Å²) in [6.07, 6.45) is 4.58. The van der Waals surface area contributed by atoms with Crippen LogP contribution in [0.15, 0.2) is 53.2 Å². The summed E-state index contributed by atoms with van der Waals surface area (Å²) in [4.78, 5) is 4.07. The fourth-order valence-corrected chi connectivity index (χ4v) is 2.47. The predicted octanol–water partition coefficient (Wildman–Crippen LogP) is 4.54. The molecular formula is C17H17NO. The molecule has 2 nitrogen and oxygen atoms in total. The Kier molecular flexibility index (Phi) is 3.08. The standard InChI is InChI=1S/C17H17NO/c1-12(2)17-15(11-13-7-9-18-10-8-13)14-5-3-4-6-16(14)19-17/h3-10,12H,11H2,1-2H3. The van der Waals surface area contributed by atoms with Gasteiger partial charge in [-0.25, -0.2) is 0 Å². The lowest BCUT2D eigenvalue weighted by molar-refractivity contribution is 0.516. The molecule has 0 spiro atoms. The van der Waals surface area contributed by atoms with Gasteiger partial charge in [0.05, 0.1) is 0 Å². The van der Waals surface area contributed by atoms with Gasteiger partial charge in [0.1, 0.15) is 11.3 Å². The molecule has 0 saturated heterocycles. The maximum atomic E-state index is 6.02. The maximum Gasteiger partial charge on any atom is 0.134 e. The van der Waals surface area contributed by atoms with Crippen molar-refractivity contribution in [1.29, 1.82) is 0 Å². The van der Waals surface area contributed by atoms with Crippen molar-refractivity contribution in [2.75, 3.05) is 0 Å². The average molecular weight is 251 g/mol. The monoisotopic (exact) mass is 251 g/mol. The van der Waals surface area contributed by atoms with E-state index in [2.05, 4.69) is 43.1 Å². The Morgan fingerprint density at radius 1 is 1.05 bits per heavy atom. The topological polar surface area (TPSA) is 26.0 Å². The van der Waals surface area contributed by atoms with Crippen molar-refractivity contribution in [3.63, 3.8) is 0 Å². The highest BCUT2D eigenvalue weighted by Gasteiger charge is 2.16. The lowest BCUT2D eigenvalue weighted by atomic mass is 9.98. The zero-order valence-electron chi connectivity index (χ0n) is 11.3. The van der Waals surface area contributed by atoms with E-state index in [1.54, 1.807) is 0 Å². The number of nitrogens with zero attached hydrogens (tertiary/aromatic N) is 1. The molecule has 0 N–H and O–H groups in total. The number of rotatable bonds is 3. The van der Waals surface area contributed by atoms with E-state index < -0.39 is 0 Å². The Balaban J connectivity index is 2.12. The third kappa shape index (κ3) is 2.26. The molecule has 0 bridgehead atoms. The van der Waals surface area contributed by atoms with Gasteiger partial charge in [0.15, 0.2) is 0 Å². The van der Waals surface area contributed by atoms with Gasteiger partial charge < -0.3 is 4.42 Å². The number of furan rings is 1. The highest BCUT2D eigenvalue weighted by molar-refractivity contribution is 5.82. The lowest BCUT2D eigenvalue weighted by Gasteiger charge is -2.06. The second-order valence-electron chi connectivity index (χ2n) is 5.13. The zero-order valence-corrected chi connectivity index (χ0v) is 11.3. The number of pyridine rings is 1. The first-order valence-electron chi connectivity index (χ1n) is 6.65. The Morgan fingerprint density at radius 2 is 1.79 bits per heavy atom. The van der Waals surface area contributed by atoms with Crippen molar-refractivity contribution in [3.05, 3.63) is 65.7 Å². The highest BCUT2D eigenvalue weighted by atomic mass is 16.3. The first-order chi connectivity index (χ1) is 9.25.